The molecule has 0 saturated carbocycles. The average Bonchev–Trinajstić information content (AvgIpc) is 2.60. The number of aryl methyl sites for hydroxylation is 1. The number of carbonyl (C=O) groups is 1. The van der Waals surface area contributed by atoms with Gasteiger partial charge in [0.15, 0.2) is 0 Å². The first-order valence-corrected chi connectivity index (χ1v) is 9.32. The van der Waals surface area contributed by atoms with Gasteiger partial charge in [-0.25, -0.2) is 4.79 Å². The van der Waals surface area contributed by atoms with Gasteiger partial charge in [0.2, 0.25) is 0 Å². The van der Waals surface area contributed by atoms with E-state index in [0.717, 1.165) is 24.2 Å². The minimum atomic E-state index is -0.346. The zero-order valence-electron chi connectivity index (χ0n) is 14.3. The number of carbonyl (C=O) groups excluding carboxylic acids is 1. The molecule has 24 heavy (non-hydrogen) atoms. The summed E-state index contributed by atoms with van der Waals surface area (Å²) in [6.45, 7) is 4.51. The number of hydrogen-bond donors (Lipinski definition) is 1. The molecule has 0 aliphatic rings. The van der Waals surface area contributed by atoms with Gasteiger partial charge in [-0.3, -0.25) is 0 Å². The van der Waals surface area contributed by atoms with Crippen molar-refractivity contribution >= 4 is 17.9 Å². The molecule has 2 aromatic carbocycles. The molecule has 0 fully saturated rings. The van der Waals surface area contributed by atoms with Crippen LogP contribution in [-0.4, -0.2) is 17.9 Å². The van der Waals surface area contributed by atoms with Gasteiger partial charge in [0.25, 0.3) is 0 Å². The monoisotopic (exact) mass is 343 g/mol. The molecule has 0 saturated heterocycles. The summed E-state index contributed by atoms with van der Waals surface area (Å²) < 4.78 is 5.31. The largest absolute Gasteiger partial charge is 0.445 e. The molecule has 128 valence electrons. The molecule has 0 unspecified atom stereocenters. The molecule has 0 aromatic heterocycles. The van der Waals surface area contributed by atoms with E-state index in [1.54, 1.807) is 11.8 Å². The van der Waals surface area contributed by atoms with Crippen LogP contribution in [0.4, 0.5) is 4.79 Å². The Labute approximate surface area is 148 Å². The fourth-order valence-electron chi connectivity index (χ4n) is 2.31. The molecule has 2 aromatic rings. The second-order valence-electron chi connectivity index (χ2n) is 5.82. The third-order valence-corrected chi connectivity index (χ3v) is 4.82. The molecule has 0 aliphatic carbocycles. The van der Waals surface area contributed by atoms with Gasteiger partial charge in [-0.1, -0.05) is 61.4 Å². The summed E-state index contributed by atoms with van der Waals surface area (Å²) in [5.41, 5.74) is 2.25. The smallest absolute Gasteiger partial charge is 0.407 e. The molecule has 0 heterocycles. The van der Waals surface area contributed by atoms with Gasteiger partial charge in [0.1, 0.15) is 6.61 Å². The number of hydrogen-bond acceptors (Lipinski definition) is 3. The predicted octanol–water partition coefficient (Wildman–Crippen LogP) is 5.18. The van der Waals surface area contributed by atoms with Crippen LogP contribution in [0.5, 0.6) is 0 Å². The number of thioether (sulfide) groups is 1. The van der Waals surface area contributed by atoms with Gasteiger partial charge in [-0.2, -0.15) is 0 Å². The first kappa shape index (κ1) is 18.4. The lowest BCUT2D eigenvalue weighted by Crippen LogP contribution is -2.36. The highest BCUT2D eigenvalue weighted by molar-refractivity contribution is 7.99. The molecule has 1 atom stereocenters. The van der Waals surface area contributed by atoms with Crippen molar-refractivity contribution in [2.75, 3.05) is 5.75 Å². The van der Waals surface area contributed by atoms with Crippen molar-refractivity contribution in [3.8, 4) is 0 Å². The van der Waals surface area contributed by atoms with Crippen LogP contribution in [0.1, 0.15) is 30.9 Å². The summed E-state index contributed by atoms with van der Waals surface area (Å²) in [5.74, 6) is 0.845. The Morgan fingerprint density at radius 2 is 1.83 bits per heavy atom. The SMILES string of the molecule is CCC[C@H](CSc1ccc(C)cc1)NC(=O)OCc1ccccc1. The normalized spacial score (nSPS) is 11.8. The number of ether oxygens (including phenoxy) is 1. The number of nitrogens with one attached hydrogen (secondary N) is 1. The minimum absolute atomic E-state index is 0.115. The molecule has 2 rings (SSSR count). The van der Waals surface area contributed by atoms with E-state index in [1.165, 1.54) is 10.5 Å². The molecule has 1 amide bonds. The van der Waals surface area contributed by atoms with E-state index in [2.05, 4.69) is 43.4 Å². The third-order valence-electron chi connectivity index (χ3n) is 3.64. The summed E-state index contributed by atoms with van der Waals surface area (Å²) in [6.07, 6.45) is 1.62. The summed E-state index contributed by atoms with van der Waals surface area (Å²) in [7, 11) is 0. The first-order chi connectivity index (χ1) is 11.7. The lowest BCUT2D eigenvalue weighted by atomic mass is 10.2. The Kier molecular flexibility index (Phi) is 7.69. The molecule has 0 bridgehead atoms. The van der Waals surface area contributed by atoms with Crippen molar-refractivity contribution in [2.24, 2.45) is 0 Å². The zero-order chi connectivity index (χ0) is 17.2. The summed E-state index contributed by atoms with van der Waals surface area (Å²) in [6, 6.07) is 18.3. The first-order valence-electron chi connectivity index (χ1n) is 8.34. The maximum Gasteiger partial charge on any atom is 0.407 e. The van der Waals surface area contributed by atoms with Gasteiger partial charge in [0.05, 0.1) is 0 Å². The maximum atomic E-state index is 12.0. The molecular formula is C20H25NO2S. The summed E-state index contributed by atoms with van der Waals surface area (Å²) in [4.78, 5) is 13.2. The van der Waals surface area contributed by atoms with Crippen LogP contribution in [0.15, 0.2) is 59.5 Å². The molecule has 0 aliphatic heterocycles. The van der Waals surface area contributed by atoms with Crippen molar-refractivity contribution in [1.82, 2.24) is 5.32 Å². The number of amides is 1. The molecule has 3 nitrogen and oxygen atoms in total. The molecule has 0 spiro atoms. The summed E-state index contributed by atoms with van der Waals surface area (Å²) >= 11 is 1.76. The zero-order valence-corrected chi connectivity index (χ0v) is 15.1. The maximum absolute atomic E-state index is 12.0. The van der Waals surface area contributed by atoms with E-state index in [-0.39, 0.29) is 12.1 Å². The quantitative estimate of drug-likeness (QED) is 0.671. The topological polar surface area (TPSA) is 38.3 Å². The van der Waals surface area contributed by atoms with E-state index < -0.39 is 0 Å². The molecule has 1 N–H and O–H groups in total. The van der Waals surface area contributed by atoms with Crippen molar-refractivity contribution in [3.63, 3.8) is 0 Å². The van der Waals surface area contributed by atoms with E-state index in [9.17, 15) is 4.79 Å². The van der Waals surface area contributed by atoms with Crippen molar-refractivity contribution in [1.29, 1.82) is 0 Å². The predicted molar refractivity (Wildman–Crippen MR) is 100 cm³/mol. The fourth-order valence-corrected chi connectivity index (χ4v) is 3.28. The van der Waals surface area contributed by atoms with Crippen LogP contribution in [0.3, 0.4) is 0 Å². The highest BCUT2D eigenvalue weighted by Gasteiger charge is 2.13. The van der Waals surface area contributed by atoms with Crippen molar-refractivity contribution in [3.05, 3.63) is 65.7 Å². The van der Waals surface area contributed by atoms with Crippen LogP contribution >= 0.6 is 11.8 Å². The lowest BCUT2D eigenvalue weighted by Gasteiger charge is -2.17. The third kappa shape index (κ3) is 6.67. The van der Waals surface area contributed by atoms with Crippen LogP contribution in [0, 0.1) is 6.92 Å². The highest BCUT2D eigenvalue weighted by atomic mass is 32.2. The number of benzene rings is 2. The fraction of sp³-hybridized carbons (Fsp3) is 0.350. The van der Waals surface area contributed by atoms with E-state index in [4.69, 9.17) is 4.74 Å². The van der Waals surface area contributed by atoms with Gasteiger partial charge >= 0.3 is 6.09 Å². The second kappa shape index (κ2) is 10.0. The summed E-state index contributed by atoms with van der Waals surface area (Å²) in [5, 5.41) is 2.99. The Hall–Kier alpha value is -1.94. The van der Waals surface area contributed by atoms with E-state index in [0.29, 0.717) is 6.61 Å². The Bertz CT molecular complexity index is 613. The van der Waals surface area contributed by atoms with Crippen LogP contribution in [-0.2, 0) is 11.3 Å². The average molecular weight is 343 g/mol. The van der Waals surface area contributed by atoms with E-state index in [1.807, 2.05) is 30.3 Å². The second-order valence-corrected chi connectivity index (χ2v) is 6.91. The van der Waals surface area contributed by atoms with Crippen LogP contribution in [0.2, 0.25) is 0 Å². The number of rotatable bonds is 8. The Balaban J connectivity index is 1.78. The Morgan fingerprint density at radius 1 is 1.12 bits per heavy atom. The Morgan fingerprint density at radius 3 is 2.50 bits per heavy atom. The van der Waals surface area contributed by atoms with Crippen LogP contribution in [0.25, 0.3) is 0 Å². The van der Waals surface area contributed by atoms with Gasteiger partial charge < -0.3 is 10.1 Å². The standard InChI is InChI=1S/C20H25NO2S/c1-3-7-18(15-24-19-12-10-16(2)11-13-19)21-20(22)23-14-17-8-5-4-6-9-17/h4-6,8-13,18H,3,7,14-15H2,1-2H3,(H,21,22)/t18-/m1/s1. The van der Waals surface area contributed by atoms with Crippen molar-refractivity contribution < 1.29 is 9.53 Å². The number of alkyl carbamates (subject to hydrolysis) is 1. The van der Waals surface area contributed by atoms with Crippen LogP contribution < -0.4 is 5.32 Å². The lowest BCUT2D eigenvalue weighted by molar-refractivity contribution is 0.136. The van der Waals surface area contributed by atoms with Gasteiger partial charge in [-0.15, -0.1) is 11.8 Å². The van der Waals surface area contributed by atoms with E-state index >= 15 is 0 Å². The van der Waals surface area contributed by atoms with Crippen molar-refractivity contribution in [2.45, 2.75) is 44.2 Å². The molecule has 4 heteroatoms. The highest BCUT2D eigenvalue weighted by Crippen LogP contribution is 2.20. The van der Waals surface area contributed by atoms with Gasteiger partial charge in [-0.05, 0) is 31.0 Å². The molecular weight excluding hydrogens is 318 g/mol. The minimum Gasteiger partial charge on any atom is -0.445 e. The van der Waals surface area contributed by atoms with Gasteiger partial charge in [0, 0.05) is 16.7 Å². The molecule has 0 radical (unpaired) electrons.